The van der Waals surface area contributed by atoms with E-state index in [0.717, 1.165) is 17.7 Å². The van der Waals surface area contributed by atoms with E-state index in [1.165, 1.54) is 18.3 Å². The average molecular weight is 420 g/mol. The van der Waals surface area contributed by atoms with E-state index < -0.39 is 11.6 Å². The van der Waals surface area contributed by atoms with E-state index in [9.17, 15) is 13.6 Å². The molecule has 0 saturated heterocycles. The number of ether oxygens (including phenoxy) is 1. The van der Waals surface area contributed by atoms with Crippen LogP contribution in [-0.2, 0) is 11.3 Å². The van der Waals surface area contributed by atoms with Gasteiger partial charge < -0.3 is 15.4 Å². The predicted octanol–water partition coefficient (Wildman–Crippen LogP) is 5.44. The maximum atomic E-state index is 13.7. The van der Waals surface area contributed by atoms with E-state index in [4.69, 9.17) is 11.6 Å². The molecule has 5 nitrogen and oxygen atoms in total. The Bertz CT molecular complexity index is 953. The topological polar surface area (TPSA) is 63.2 Å². The molecule has 1 heterocycles. The average Bonchev–Trinajstić information content (AvgIpc) is 2.71. The lowest BCUT2D eigenvalue weighted by molar-refractivity contribution is 0.112. The third kappa shape index (κ3) is 6.81. The standard InChI is InChI=1S/C19H14ClF2N3O.C2H6O/c20-14-3-1-12(2-4-14)9-23-19-13(11-26)7-16(10-24-19)25-18-6-5-15(21)8-17(18)22;1-3-2/h1-8,10-11,25H,9H2,(H,23,24);1-2H3. The molecular weight excluding hydrogens is 400 g/mol. The van der Waals surface area contributed by atoms with Gasteiger partial charge in [0.1, 0.15) is 17.5 Å². The second-order valence-corrected chi connectivity index (χ2v) is 6.35. The van der Waals surface area contributed by atoms with Crippen LogP contribution < -0.4 is 10.6 Å². The Morgan fingerprint density at radius 1 is 1.10 bits per heavy atom. The second kappa shape index (κ2) is 11.1. The Kier molecular flexibility index (Phi) is 8.51. The third-order valence-electron chi connectivity index (χ3n) is 3.63. The van der Waals surface area contributed by atoms with Crippen molar-refractivity contribution in [1.82, 2.24) is 4.98 Å². The zero-order chi connectivity index (χ0) is 21.2. The van der Waals surface area contributed by atoms with Gasteiger partial charge in [0.05, 0.1) is 23.1 Å². The molecule has 0 aliphatic heterocycles. The van der Waals surface area contributed by atoms with Gasteiger partial charge in [0, 0.05) is 31.9 Å². The normalized spacial score (nSPS) is 9.97. The Morgan fingerprint density at radius 2 is 1.79 bits per heavy atom. The molecule has 0 fully saturated rings. The lowest BCUT2D eigenvalue weighted by atomic mass is 10.2. The summed E-state index contributed by atoms with van der Waals surface area (Å²) in [4.78, 5) is 15.5. The molecule has 29 heavy (non-hydrogen) atoms. The summed E-state index contributed by atoms with van der Waals surface area (Å²) in [5.74, 6) is -0.996. The Morgan fingerprint density at radius 3 is 2.41 bits per heavy atom. The number of rotatable bonds is 6. The number of benzene rings is 2. The lowest BCUT2D eigenvalue weighted by Gasteiger charge is -2.11. The van der Waals surface area contributed by atoms with Crippen molar-refractivity contribution in [2.75, 3.05) is 24.9 Å². The monoisotopic (exact) mass is 419 g/mol. The molecule has 0 aliphatic carbocycles. The van der Waals surface area contributed by atoms with Crippen molar-refractivity contribution in [3.8, 4) is 0 Å². The van der Waals surface area contributed by atoms with Gasteiger partial charge in [0.25, 0.3) is 0 Å². The van der Waals surface area contributed by atoms with Crippen LogP contribution in [0.5, 0.6) is 0 Å². The Balaban J connectivity index is 0.000000941. The molecule has 0 radical (unpaired) electrons. The zero-order valence-corrected chi connectivity index (χ0v) is 16.6. The lowest BCUT2D eigenvalue weighted by Crippen LogP contribution is -2.05. The molecule has 0 aliphatic rings. The second-order valence-electron chi connectivity index (χ2n) is 5.92. The van der Waals surface area contributed by atoms with Gasteiger partial charge in [-0.25, -0.2) is 13.8 Å². The highest BCUT2D eigenvalue weighted by Gasteiger charge is 2.08. The highest BCUT2D eigenvalue weighted by Crippen LogP contribution is 2.23. The summed E-state index contributed by atoms with van der Waals surface area (Å²) in [6.45, 7) is 0.463. The molecule has 2 aromatic carbocycles. The van der Waals surface area contributed by atoms with E-state index in [-0.39, 0.29) is 5.69 Å². The number of hydrogen-bond acceptors (Lipinski definition) is 5. The van der Waals surface area contributed by atoms with Crippen LogP contribution in [0.25, 0.3) is 0 Å². The summed E-state index contributed by atoms with van der Waals surface area (Å²) >= 11 is 5.85. The molecule has 0 atom stereocenters. The van der Waals surface area contributed by atoms with Gasteiger partial charge in [-0.3, -0.25) is 4.79 Å². The summed E-state index contributed by atoms with van der Waals surface area (Å²) in [5.41, 5.74) is 1.79. The molecule has 152 valence electrons. The molecule has 0 bridgehead atoms. The highest BCUT2D eigenvalue weighted by atomic mass is 35.5. The van der Waals surface area contributed by atoms with E-state index in [1.807, 2.05) is 12.1 Å². The molecule has 3 aromatic rings. The predicted molar refractivity (Wildman–Crippen MR) is 111 cm³/mol. The number of anilines is 3. The smallest absolute Gasteiger partial charge is 0.153 e. The van der Waals surface area contributed by atoms with Gasteiger partial charge in [-0.2, -0.15) is 0 Å². The summed E-state index contributed by atoms with van der Waals surface area (Å²) in [5, 5.41) is 6.49. The fourth-order valence-electron chi connectivity index (χ4n) is 2.32. The number of aromatic nitrogens is 1. The summed E-state index contributed by atoms with van der Waals surface area (Å²) in [6.07, 6.45) is 2.11. The largest absolute Gasteiger partial charge is 0.388 e. The van der Waals surface area contributed by atoms with Crippen LogP contribution in [0.1, 0.15) is 15.9 Å². The van der Waals surface area contributed by atoms with Crippen LogP contribution in [0, 0.1) is 11.6 Å². The maximum Gasteiger partial charge on any atom is 0.153 e. The molecule has 3 rings (SSSR count). The van der Waals surface area contributed by atoms with Gasteiger partial charge in [0.2, 0.25) is 0 Å². The van der Waals surface area contributed by atoms with E-state index in [2.05, 4.69) is 20.4 Å². The number of methoxy groups -OCH3 is 1. The summed E-state index contributed by atoms with van der Waals surface area (Å²) < 4.78 is 30.9. The van der Waals surface area contributed by atoms with Crippen LogP contribution in [-0.4, -0.2) is 25.5 Å². The van der Waals surface area contributed by atoms with Crippen molar-refractivity contribution >= 4 is 35.1 Å². The molecule has 1 aromatic heterocycles. The first kappa shape index (κ1) is 22.3. The van der Waals surface area contributed by atoms with Crippen molar-refractivity contribution in [2.24, 2.45) is 0 Å². The van der Waals surface area contributed by atoms with Gasteiger partial charge in [-0.05, 0) is 35.9 Å². The van der Waals surface area contributed by atoms with Crippen molar-refractivity contribution in [3.63, 3.8) is 0 Å². The first-order chi connectivity index (χ1) is 14.0. The van der Waals surface area contributed by atoms with Crippen molar-refractivity contribution < 1.29 is 18.3 Å². The number of aldehydes is 1. The fraction of sp³-hybridized carbons (Fsp3) is 0.143. The van der Waals surface area contributed by atoms with Gasteiger partial charge in [-0.1, -0.05) is 23.7 Å². The van der Waals surface area contributed by atoms with E-state index >= 15 is 0 Å². The minimum atomic E-state index is -0.734. The van der Waals surface area contributed by atoms with Gasteiger partial charge in [-0.15, -0.1) is 0 Å². The van der Waals surface area contributed by atoms with Crippen molar-refractivity contribution in [1.29, 1.82) is 0 Å². The zero-order valence-electron chi connectivity index (χ0n) is 15.9. The van der Waals surface area contributed by atoms with Gasteiger partial charge in [0.15, 0.2) is 6.29 Å². The molecule has 0 saturated carbocycles. The number of pyridine rings is 1. The molecule has 0 amide bonds. The number of carbonyl (C=O) groups excluding carboxylic acids is 1. The highest BCUT2D eigenvalue weighted by molar-refractivity contribution is 6.30. The van der Waals surface area contributed by atoms with Crippen LogP contribution in [0.2, 0.25) is 5.02 Å². The molecule has 2 N–H and O–H groups in total. The third-order valence-corrected chi connectivity index (χ3v) is 3.88. The first-order valence-corrected chi connectivity index (χ1v) is 8.90. The first-order valence-electron chi connectivity index (χ1n) is 8.52. The fourth-order valence-corrected chi connectivity index (χ4v) is 2.45. The minimum Gasteiger partial charge on any atom is -0.388 e. The number of nitrogens with one attached hydrogen (secondary N) is 2. The van der Waals surface area contributed by atoms with Crippen molar-refractivity contribution in [3.05, 3.63) is 82.5 Å². The van der Waals surface area contributed by atoms with Gasteiger partial charge >= 0.3 is 0 Å². The number of halogens is 3. The molecule has 0 unspecified atom stereocenters. The molecule has 8 heteroatoms. The van der Waals surface area contributed by atoms with Crippen LogP contribution >= 0.6 is 11.6 Å². The molecular formula is C21H20ClF2N3O2. The summed E-state index contributed by atoms with van der Waals surface area (Å²) in [7, 11) is 3.25. The van der Waals surface area contributed by atoms with Crippen molar-refractivity contribution in [2.45, 2.75) is 6.54 Å². The van der Waals surface area contributed by atoms with Crippen LogP contribution in [0.3, 0.4) is 0 Å². The van der Waals surface area contributed by atoms with Crippen LogP contribution in [0.15, 0.2) is 54.7 Å². The van der Waals surface area contributed by atoms with E-state index in [0.29, 0.717) is 34.9 Å². The molecule has 0 spiro atoms. The maximum absolute atomic E-state index is 13.7. The number of carbonyl (C=O) groups is 1. The van der Waals surface area contributed by atoms with Crippen LogP contribution in [0.4, 0.5) is 26.0 Å². The number of hydrogen-bond donors (Lipinski definition) is 2. The number of nitrogens with zero attached hydrogens (tertiary/aromatic N) is 1. The SMILES string of the molecule is COC.O=Cc1cc(Nc2ccc(F)cc2F)cnc1NCc1ccc(Cl)cc1. The van der Waals surface area contributed by atoms with E-state index in [1.54, 1.807) is 26.4 Å². The Hall–Kier alpha value is -3.03. The summed E-state index contributed by atoms with van der Waals surface area (Å²) in [6, 6.07) is 12.0. The Labute approximate surface area is 172 Å². The quantitative estimate of drug-likeness (QED) is 0.520. The minimum absolute atomic E-state index is 0.0897.